The quantitative estimate of drug-likeness (QED) is 0.738. The van der Waals surface area contributed by atoms with E-state index in [1.165, 1.54) is 12.8 Å². The van der Waals surface area contributed by atoms with Gasteiger partial charge in [-0.2, -0.15) is 0 Å². The lowest BCUT2D eigenvalue weighted by molar-refractivity contribution is -0.118. The first-order valence-electron chi connectivity index (χ1n) is 7.44. The fraction of sp³-hybridized carbons (Fsp3) is 0.533. The molecule has 0 bridgehead atoms. The second kappa shape index (κ2) is 6.22. The molecule has 3 rings (SSSR count). The molecule has 1 amide bonds. The molecule has 0 spiro atoms. The molecular formula is C15H21N3O3. The van der Waals surface area contributed by atoms with Crippen molar-refractivity contribution < 1.29 is 14.3 Å². The van der Waals surface area contributed by atoms with Crippen molar-refractivity contribution in [2.75, 3.05) is 36.1 Å². The molecule has 0 aliphatic carbocycles. The molecule has 114 valence electrons. The predicted molar refractivity (Wildman–Crippen MR) is 81.7 cm³/mol. The number of carbonyl (C=O) groups excluding carboxylic acids is 1. The van der Waals surface area contributed by atoms with Crippen molar-refractivity contribution in [3.63, 3.8) is 0 Å². The zero-order valence-corrected chi connectivity index (χ0v) is 12.0. The Balaban J connectivity index is 1.59. The summed E-state index contributed by atoms with van der Waals surface area (Å²) in [5, 5.41) is 6.10. The zero-order chi connectivity index (χ0) is 14.7. The number of benzene rings is 1. The van der Waals surface area contributed by atoms with Gasteiger partial charge in [-0.15, -0.1) is 0 Å². The third-order valence-electron chi connectivity index (χ3n) is 3.84. The monoisotopic (exact) mass is 291 g/mol. The van der Waals surface area contributed by atoms with Crippen LogP contribution in [0.25, 0.3) is 0 Å². The van der Waals surface area contributed by atoms with Crippen LogP contribution in [0, 0.1) is 0 Å². The molecule has 0 radical (unpaired) electrons. The van der Waals surface area contributed by atoms with E-state index in [4.69, 9.17) is 15.2 Å². The average Bonchev–Trinajstić information content (AvgIpc) is 2.49. The van der Waals surface area contributed by atoms with Gasteiger partial charge in [-0.1, -0.05) is 0 Å². The van der Waals surface area contributed by atoms with Crippen LogP contribution < -0.4 is 21.1 Å². The Kier molecular flexibility index (Phi) is 4.15. The number of carbonyl (C=O) groups is 1. The van der Waals surface area contributed by atoms with Crippen LogP contribution in [0.4, 0.5) is 17.1 Å². The second-order valence-corrected chi connectivity index (χ2v) is 5.48. The van der Waals surface area contributed by atoms with Crippen molar-refractivity contribution in [3.05, 3.63) is 12.1 Å². The molecule has 1 aromatic carbocycles. The normalized spacial score (nSPS) is 21.1. The molecule has 2 aliphatic rings. The van der Waals surface area contributed by atoms with Crippen molar-refractivity contribution in [2.24, 2.45) is 0 Å². The highest BCUT2D eigenvalue weighted by atomic mass is 16.5. The van der Waals surface area contributed by atoms with Crippen LogP contribution >= 0.6 is 0 Å². The largest absolute Gasteiger partial charge is 0.482 e. The van der Waals surface area contributed by atoms with Gasteiger partial charge >= 0.3 is 0 Å². The van der Waals surface area contributed by atoms with Crippen molar-refractivity contribution in [1.82, 2.24) is 0 Å². The van der Waals surface area contributed by atoms with Crippen molar-refractivity contribution >= 4 is 23.0 Å². The third-order valence-corrected chi connectivity index (χ3v) is 3.84. The van der Waals surface area contributed by atoms with Gasteiger partial charge in [0.2, 0.25) is 0 Å². The maximum absolute atomic E-state index is 11.3. The lowest BCUT2D eigenvalue weighted by atomic mass is 10.1. The van der Waals surface area contributed by atoms with Gasteiger partial charge in [-0.25, -0.2) is 0 Å². The molecular weight excluding hydrogens is 270 g/mol. The number of nitrogens with one attached hydrogen (secondary N) is 2. The standard InChI is InChI=1S/C15H21N3O3/c16-11-7-14-13(18-15(19)9-21-14)8-12(11)17-5-4-10-3-1-2-6-20-10/h7-8,10,17H,1-6,9,16H2,(H,18,19). The third kappa shape index (κ3) is 3.39. The lowest BCUT2D eigenvalue weighted by Crippen LogP contribution is -2.25. The number of rotatable bonds is 4. The highest BCUT2D eigenvalue weighted by molar-refractivity contribution is 5.97. The molecule has 2 heterocycles. The summed E-state index contributed by atoms with van der Waals surface area (Å²) >= 11 is 0. The fourth-order valence-electron chi connectivity index (χ4n) is 2.70. The Morgan fingerprint density at radius 2 is 2.29 bits per heavy atom. The summed E-state index contributed by atoms with van der Waals surface area (Å²) in [7, 11) is 0. The van der Waals surface area contributed by atoms with Crippen LogP contribution in [0.5, 0.6) is 5.75 Å². The minimum absolute atomic E-state index is 0.0399. The van der Waals surface area contributed by atoms with Crippen molar-refractivity contribution in [3.8, 4) is 5.75 Å². The van der Waals surface area contributed by atoms with Crippen LogP contribution in [0.1, 0.15) is 25.7 Å². The van der Waals surface area contributed by atoms with Gasteiger partial charge < -0.3 is 25.8 Å². The number of nitrogens with two attached hydrogens (primary N) is 1. The zero-order valence-electron chi connectivity index (χ0n) is 12.0. The molecule has 1 unspecified atom stereocenters. The van der Waals surface area contributed by atoms with E-state index in [2.05, 4.69) is 10.6 Å². The SMILES string of the molecule is Nc1cc2c(cc1NCCC1CCCCO1)NC(=O)CO2. The fourth-order valence-corrected chi connectivity index (χ4v) is 2.70. The number of hydrogen-bond donors (Lipinski definition) is 3. The summed E-state index contributed by atoms with van der Waals surface area (Å²) < 4.78 is 11.0. The van der Waals surface area contributed by atoms with E-state index in [0.717, 1.165) is 31.7 Å². The number of hydrogen-bond acceptors (Lipinski definition) is 5. The van der Waals surface area contributed by atoms with Gasteiger partial charge in [0.25, 0.3) is 5.91 Å². The van der Waals surface area contributed by atoms with Gasteiger partial charge in [0.15, 0.2) is 6.61 Å². The lowest BCUT2D eigenvalue weighted by Gasteiger charge is -2.23. The first-order chi connectivity index (χ1) is 10.2. The summed E-state index contributed by atoms with van der Waals surface area (Å²) in [4.78, 5) is 11.3. The molecule has 1 saturated heterocycles. The van der Waals surface area contributed by atoms with Crippen LogP contribution in [0.2, 0.25) is 0 Å². The van der Waals surface area contributed by atoms with Crippen LogP contribution in [-0.4, -0.2) is 31.8 Å². The van der Waals surface area contributed by atoms with Gasteiger partial charge in [-0.3, -0.25) is 4.79 Å². The minimum atomic E-state index is -0.145. The molecule has 6 heteroatoms. The molecule has 21 heavy (non-hydrogen) atoms. The molecule has 1 atom stereocenters. The molecule has 1 fully saturated rings. The summed E-state index contributed by atoms with van der Waals surface area (Å²) in [5.74, 6) is 0.474. The Bertz CT molecular complexity index is 527. The molecule has 0 aromatic heterocycles. The Morgan fingerprint density at radius 3 is 3.10 bits per heavy atom. The highest BCUT2D eigenvalue weighted by Gasteiger charge is 2.18. The second-order valence-electron chi connectivity index (χ2n) is 5.48. The topological polar surface area (TPSA) is 85.6 Å². The van der Waals surface area contributed by atoms with Crippen molar-refractivity contribution in [1.29, 1.82) is 0 Å². The smallest absolute Gasteiger partial charge is 0.262 e. The van der Waals surface area contributed by atoms with Gasteiger partial charge in [0.1, 0.15) is 5.75 Å². The number of ether oxygens (including phenoxy) is 2. The number of amides is 1. The van der Waals surface area contributed by atoms with E-state index >= 15 is 0 Å². The first kappa shape index (κ1) is 14.0. The molecule has 4 N–H and O–H groups in total. The summed E-state index contributed by atoms with van der Waals surface area (Å²) in [5.41, 5.74) is 8.11. The van der Waals surface area contributed by atoms with E-state index in [9.17, 15) is 4.79 Å². The molecule has 1 aromatic rings. The Labute approximate surface area is 124 Å². The van der Waals surface area contributed by atoms with Crippen molar-refractivity contribution in [2.45, 2.75) is 31.8 Å². The molecule has 0 saturated carbocycles. The Morgan fingerprint density at radius 1 is 1.38 bits per heavy atom. The van der Waals surface area contributed by atoms with Crippen LogP contribution in [0.15, 0.2) is 12.1 Å². The van der Waals surface area contributed by atoms with Crippen LogP contribution in [-0.2, 0) is 9.53 Å². The Hall–Kier alpha value is -1.95. The van der Waals surface area contributed by atoms with Crippen LogP contribution in [0.3, 0.4) is 0 Å². The maximum atomic E-state index is 11.3. The first-order valence-corrected chi connectivity index (χ1v) is 7.44. The minimum Gasteiger partial charge on any atom is -0.482 e. The predicted octanol–water partition coefficient (Wildman–Crippen LogP) is 1.97. The van der Waals surface area contributed by atoms with Gasteiger partial charge in [0, 0.05) is 19.2 Å². The highest BCUT2D eigenvalue weighted by Crippen LogP contribution is 2.35. The summed E-state index contributed by atoms with van der Waals surface area (Å²) in [6, 6.07) is 3.57. The number of fused-ring (bicyclic) bond motifs is 1. The van der Waals surface area contributed by atoms with E-state index in [0.29, 0.717) is 23.2 Å². The van der Waals surface area contributed by atoms with E-state index in [1.807, 2.05) is 6.07 Å². The average molecular weight is 291 g/mol. The maximum Gasteiger partial charge on any atom is 0.262 e. The van der Waals surface area contributed by atoms with E-state index in [1.54, 1.807) is 6.07 Å². The molecule has 2 aliphatic heterocycles. The van der Waals surface area contributed by atoms with E-state index in [-0.39, 0.29) is 12.5 Å². The van der Waals surface area contributed by atoms with Gasteiger partial charge in [-0.05, 0) is 31.7 Å². The summed E-state index contributed by atoms with van der Waals surface area (Å²) in [6.07, 6.45) is 4.84. The number of anilines is 3. The summed E-state index contributed by atoms with van der Waals surface area (Å²) in [6.45, 7) is 1.70. The number of nitrogen functional groups attached to an aromatic ring is 1. The van der Waals surface area contributed by atoms with E-state index < -0.39 is 0 Å². The molecule has 6 nitrogen and oxygen atoms in total. The van der Waals surface area contributed by atoms with Gasteiger partial charge in [0.05, 0.1) is 23.2 Å².